The minimum Gasteiger partial charge on any atom is -0.355 e. The molecule has 0 spiro atoms. The number of hydrogen-bond donors (Lipinski definition) is 2. The van der Waals surface area contributed by atoms with Gasteiger partial charge in [0.1, 0.15) is 0 Å². The van der Waals surface area contributed by atoms with E-state index in [0.717, 1.165) is 52.1 Å². The second-order valence-electron chi connectivity index (χ2n) is 5.58. The normalized spacial score (nSPS) is 19.8. The summed E-state index contributed by atoms with van der Waals surface area (Å²) in [5.41, 5.74) is 0. The molecule has 8 heteroatoms. The molecule has 2 fully saturated rings. The second kappa shape index (κ2) is 11.0. The van der Waals surface area contributed by atoms with Gasteiger partial charge in [-0.05, 0) is 32.9 Å². The summed E-state index contributed by atoms with van der Waals surface area (Å²) in [6.45, 7) is 8.05. The van der Waals surface area contributed by atoms with Crippen LogP contribution in [-0.4, -0.2) is 74.0 Å². The van der Waals surface area contributed by atoms with Gasteiger partial charge in [0.15, 0.2) is 0 Å². The molecule has 2 aliphatic rings. The molecule has 0 aromatic rings. The highest BCUT2D eigenvalue weighted by Gasteiger charge is 2.28. The zero-order chi connectivity index (χ0) is 14.4. The van der Waals surface area contributed by atoms with Crippen LogP contribution in [0.5, 0.6) is 0 Å². The maximum absolute atomic E-state index is 12.4. The third-order valence-corrected chi connectivity index (χ3v) is 4.11. The molecule has 0 unspecified atom stereocenters. The molecule has 0 atom stereocenters. The van der Waals surface area contributed by atoms with Gasteiger partial charge in [0.05, 0.1) is 6.54 Å². The van der Waals surface area contributed by atoms with Crippen molar-refractivity contribution in [3.05, 3.63) is 0 Å². The number of nitrogens with zero attached hydrogens (tertiary/aromatic N) is 2. The molecule has 2 rings (SSSR count). The lowest BCUT2D eigenvalue weighted by molar-refractivity contribution is -0.138. The van der Waals surface area contributed by atoms with Crippen molar-refractivity contribution < 1.29 is 9.59 Å². The van der Waals surface area contributed by atoms with Crippen molar-refractivity contribution in [3.8, 4) is 0 Å². The Hall–Kier alpha value is -0.560. The Morgan fingerprint density at radius 3 is 2.23 bits per heavy atom. The second-order valence-corrected chi connectivity index (χ2v) is 5.58. The molecule has 0 radical (unpaired) electrons. The number of piperidine rings is 1. The molecule has 0 aromatic carbocycles. The van der Waals surface area contributed by atoms with E-state index in [1.165, 1.54) is 0 Å². The number of carbonyl (C=O) groups excluding carboxylic acids is 2. The molecule has 2 heterocycles. The average Bonchev–Trinajstić information content (AvgIpc) is 2.48. The summed E-state index contributed by atoms with van der Waals surface area (Å²) < 4.78 is 0. The van der Waals surface area contributed by atoms with E-state index in [1.807, 2.05) is 11.8 Å². The Balaban J connectivity index is 0.00000220. The molecule has 2 amide bonds. The Labute approximate surface area is 145 Å². The molecule has 130 valence electrons. The van der Waals surface area contributed by atoms with Crippen LogP contribution in [0, 0.1) is 5.92 Å². The first-order valence-electron chi connectivity index (χ1n) is 7.69. The summed E-state index contributed by atoms with van der Waals surface area (Å²) in [5.74, 6) is 0.584. The number of nitrogens with one attached hydrogen (secondary N) is 2. The highest BCUT2D eigenvalue weighted by Crippen LogP contribution is 2.16. The fourth-order valence-electron chi connectivity index (χ4n) is 2.91. The van der Waals surface area contributed by atoms with E-state index in [0.29, 0.717) is 19.0 Å². The molecule has 2 aliphatic heterocycles. The Bertz CT molecular complexity index is 344. The summed E-state index contributed by atoms with van der Waals surface area (Å²) in [6.07, 6.45) is 1.91. The molecule has 22 heavy (non-hydrogen) atoms. The largest absolute Gasteiger partial charge is 0.355 e. The quantitative estimate of drug-likeness (QED) is 0.752. The Kier molecular flexibility index (Phi) is 10.8. The predicted octanol–water partition coefficient (Wildman–Crippen LogP) is 0.110. The topological polar surface area (TPSA) is 64.7 Å². The predicted molar refractivity (Wildman–Crippen MR) is 91.8 cm³/mol. The van der Waals surface area contributed by atoms with Crippen molar-refractivity contribution in [2.45, 2.75) is 19.8 Å². The van der Waals surface area contributed by atoms with Crippen LogP contribution in [0.15, 0.2) is 0 Å². The number of rotatable bonds is 4. The van der Waals surface area contributed by atoms with Gasteiger partial charge in [0.25, 0.3) is 0 Å². The summed E-state index contributed by atoms with van der Waals surface area (Å²) in [7, 11) is 0. The van der Waals surface area contributed by atoms with Crippen LogP contribution >= 0.6 is 24.8 Å². The van der Waals surface area contributed by atoms with E-state index < -0.39 is 0 Å². The molecule has 0 saturated carbocycles. The van der Waals surface area contributed by atoms with Gasteiger partial charge in [0.2, 0.25) is 11.8 Å². The lowest BCUT2D eigenvalue weighted by atomic mass is 9.96. The maximum atomic E-state index is 12.4. The van der Waals surface area contributed by atoms with Crippen LogP contribution in [0.1, 0.15) is 19.8 Å². The fraction of sp³-hybridized carbons (Fsp3) is 0.857. The number of piperazine rings is 1. The van der Waals surface area contributed by atoms with Gasteiger partial charge in [-0.25, -0.2) is 0 Å². The van der Waals surface area contributed by atoms with Crippen molar-refractivity contribution >= 4 is 36.6 Å². The number of likely N-dealkylation sites (N-methyl/N-ethyl adjacent to an activating group) is 1. The van der Waals surface area contributed by atoms with Crippen LogP contribution in [0.25, 0.3) is 0 Å². The van der Waals surface area contributed by atoms with Gasteiger partial charge >= 0.3 is 0 Å². The van der Waals surface area contributed by atoms with E-state index in [9.17, 15) is 9.59 Å². The van der Waals surface area contributed by atoms with Crippen LogP contribution < -0.4 is 10.6 Å². The lowest BCUT2D eigenvalue weighted by Gasteiger charge is -2.36. The molecule has 0 aliphatic carbocycles. The van der Waals surface area contributed by atoms with Crippen molar-refractivity contribution in [1.29, 1.82) is 0 Å². The van der Waals surface area contributed by atoms with Gasteiger partial charge < -0.3 is 15.5 Å². The number of carbonyl (C=O) groups is 2. The molecular formula is C14H28Cl2N4O2. The molecule has 2 saturated heterocycles. The third-order valence-electron chi connectivity index (χ3n) is 4.11. The van der Waals surface area contributed by atoms with E-state index in [2.05, 4.69) is 15.5 Å². The summed E-state index contributed by atoms with van der Waals surface area (Å²) >= 11 is 0. The van der Waals surface area contributed by atoms with Crippen molar-refractivity contribution in [3.63, 3.8) is 0 Å². The number of hydrogen-bond acceptors (Lipinski definition) is 4. The molecule has 0 aromatic heterocycles. The van der Waals surface area contributed by atoms with Crippen LogP contribution in [0.2, 0.25) is 0 Å². The van der Waals surface area contributed by atoms with Gasteiger partial charge in [-0.3, -0.25) is 14.5 Å². The van der Waals surface area contributed by atoms with E-state index in [4.69, 9.17) is 0 Å². The standard InChI is InChI=1S/C14H26N4O2.2ClH/c1-2-16-13(19)11-17-7-9-18(10-8-17)14(20)12-3-5-15-6-4-12;;/h12,15H,2-11H2,1H3,(H,16,19);2*1H. The van der Waals surface area contributed by atoms with Crippen molar-refractivity contribution in [2.24, 2.45) is 5.92 Å². The Morgan fingerprint density at radius 2 is 1.68 bits per heavy atom. The molecule has 6 nitrogen and oxygen atoms in total. The van der Waals surface area contributed by atoms with Gasteiger partial charge in [-0.2, -0.15) is 0 Å². The average molecular weight is 355 g/mol. The van der Waals surface area contributed by atoms with E-state index in [-0.39, 0.29) is 36.6 Å². The minimum atomic E-state index is 0. The van der Waals surface area contributed by atoms with Crippen LogP contribution in [0.3, 0.4) is 0 Å². The molecule has 2 N–H and O–H groups in total. The molecular weight excluding hydrogens is 327 g/mol. The van der Waals surface area contributed by atoms with Gasteiger partial charge in [0, 0.05) is 38.6 Å². The first-order chi connectivity index (χ1) is 9.70. The minimum absolute atomic E-state index is 0. The van der Waals surface area contributed by atoms with E-state index >= 15 is 0 Å². The zero-order valence-electron chi connectivity index (χ0n) is 13.2. The highest BCUT2D eigenvalue weighted by molar-refractivity contribution is 5.85. The Morgan fingerprint density at radius 1 is 1.09 bits per heavy atom. The van der Waals surface area contributed by atoms with Crippen molar-refractivity contribution in [1.82, 2.24) is 20.4 Å². The first-order valence-corrected chi connectivity index (χ1v) is 7.69. The van der Waals surface area contributed by atoms with E-state index in [1.54, 1.807) is 0 Å². The number of amides is 2. The summed E-state index contributed by atoms with van der Waals surface area (Å²) in [5, 5.41) is 6.10. The van der Waals surface area contributed by atoms with Crippen LogP contribution in [-0.2, 0) is 9.59 Å². The smallest absolute Gasteiger partial charge is 0.234 e. The van der Waals surface area contributed by atoms with Crippen molar-refractivity contribution in [2.75, 3.05) is 52.4 Å². The van der Waals surface area contributed by atoms with Gasteiger partial charge in [-0.1, -0.05) is 0 Å². The lowest BCUT2D eigenvalue weighted by Crippen LogP contribution is -2.53. The fourth-order valence-corrected chi connectivity index (χ4v) is 2.91. The maximum Gasteiger partial charge on any atom is 0.234 e. The monoisotopic (exact) mass is 354 g/mol. The van der Waals surface area contributed by atoms with Crippen LogP contribution in [0.4, 0.5) is 0 Å². The molecule has 0 bridgehead atoms. The summed E-state index contributed by atoms with van der Waals surface area (Å²) in [6, 6.07) is 0. The zero-order valence-corrected chi connectivity index (χ0v) is 14.8. The SMILES string of the molecule is CCNC(=O)CN1CCN(C(=O)C2CCNCC2)CC1.Cl.Cl. The third kappa shape index (κ3) is 6.28. The summed E-state index contributed by atoms with van der Waals surface area (Å²) in [4.78, 5) is 28.0. The number of halogens is 2. The first kappa shape index (κ1) is 21.4. The highest BCUT2D eigenvalue weighted by atomic mass is 35.5. The van der Waals surface area contributed by atoms with Gasteiger partial charge in [-0.15, -0.1) is 24.8 Å².